The van der Waals surface area contributed by atoms with Gasteiger partial charge in [0.2, 0.25) is 0 Å². The van der Waals surface area contributed by atoms with Gasteiger partial charge in [0, 0.05) is 0 Å². The number of hydrogen-bond acceptors (Lipinski definition) is 0. The SMILES string of the molecule is Cl.Cl.[CH2-]c1ccccc1C1=C(C)C(C)=CC1.[NH-]c1ccccc1.[Ti+2]. The van der Waals surface area contributed by atoms with Gasteiger partial charge in [-0.15, -0.1) is 48.2 Å². The quantitative estimate of drug-likeness (QED) is 0.360. The van der Waals surface area contributed by atoms with Crippen LogP contribution in [0.25, 0.3) is 11.3 Å². The Kier molecular flexibility index (Phi) is 12.9. The van der Waals surface area contributed by atoms with E-state index in [4.69, 9.17) is 5.73 Å². The van der Waals surface area contributed by atoms with Crippen molar-refractivity contribution < 1.29 is 21.7 Å². The Morgan fingerprint density at radius 1 is 0.875 bits per heavy atom. The van der Waals surface area contributed by atoms with E-state index in [0.717, 1.165) is 12.0 Å². The van der Waals surface area contributed by atoms with Crippen LogP contribution in [-0.4, -0.2) is 0 Å². The van der Waals surface area contributed by atoms with Crippen molar-refractivity contribution in [2.75, 3.05) is 0 Å². The fourth-order valence-electron chi connectivity index (χ4n) is 2.36. The average molecular weight is 396 g/mol. The monoisotopic (exact) mass is 395 g/mol. The Balaban J connectivity index is 0. The second-order valence-corrected chi connectivity index (χ2v) is 5.22. The summed E-state index contributed by atoms with van der Waals surface area (Å²) < 4.78 is 0. The van der Waals surface area contributed by atoms with Crippen LogP contribution in [0, 0.1) is 6.92 Å². The normalized spacial score (nSPS) is 11.8. The molecule has 4 heteroatoms. The molecule has 0 radical (unpaired) electrons. The van der Waals surface area contributed by atoms with Gasteiger partial charge in [-0.2, -0.15) is 18.6 Å². The molecular formula is C20H23Cl2NTi. The molecule has 2 aromatic rings. The number of halogens is 2. The molecule has 0 saturated carbocycles. The van der Waals surface area contributed by atoms with Gasteiger partial charge >= 0.3 is 21.7 Å². The molecule has 0 spiro atoms. The van der Waals surface area contributed by atoms with Crippen LogP contribution in [0.2, 0.25) is 0 Å². The summed E-state index contributed by atoms with van der Waals surface area (Å²) in [6.45, 7) is 8.44. The number of rotatable bonds is 1. The van der Waals surface area contributed by atoms with E-state index >= 15 is 0 Å². The molecule has 0 saturated heterocycles. The van der Waals surface area contributed by atoms with Gasteiger partial charge in [0.15, 0.2) is 0 Å². The third kappa shape index (κ3) is 6.79. The van der Waals surface area contributed by atoms with Crippen molar-refractivity contribution in [1.82, 2.24) is 0 Å². The first kappa shape index (κ1) is 25.1. The minimum atomic E-state index is 0. The summed E-state index contributed by atoms with van der Waals surface area (Å²) in [6.07, 6.45) is 3.35. The van der Waals surface area contributed by atoms with Crippen molar-refractivity contribution in [3.8, 4) is 0 Å². The van der Waals surface area contributed by atoms with Crippen LogP contribution >= 0.6 is 24.8 Å². The Morgan fingerprint density at radius 3 is 1.83 bits per heavy atom. The predicted molar refractivity (Wildman–Crippen MR) is 107 cm³/mol. The minimum Gasteiger partial charge on any atom is -0.699 e. The summed E-state index contributed by atoms with van der Waals surface area (Å²) in [7, 11) is 0. The van der Waals surface area contributed by atoms with Crippen LogP contribution in [0.5, 0.6) is 0 Å². The second kappa shape index (κ2) is 12.3. The van der Waals surface area contributed by atoms with Gasteiger partial charge in [-0.05, 0) is 20.3 Å². The van der Waals surface area contributed by atoms with Crippen LogP contribution in [0.1, 0.15) is 31.4 Å². The summed E-state index contributed by atoms with van der Waals surface area (Å²) in [4.78, 5) is 0. The van der Waals surface area contributed by atoms with E-state index in [0.29, 0.717) is 5.69 Å². The number of allylic oxidation sites excluding steroid dienone is 4. The molecular weight excluding hydrogens is 373 g/mol. The Bertz CT molecular complexity index is 679. The molecule has 1 aliphatic carbocycles. The topological polar surface area (TPSA) is 23.8 Å². The average Bonchev–Trinajstić information content (AvgIpc) is 2.81. The van der Waals surface area contributed by atoms with E-state index in [-0.39, 0.29) is 46.5 Å². The maximum absolute atomic E-state index is 7.00. The third-order valence-corrected chi connectivity index (χ3v) is 3.77. The molecule has 0 atom stereocenters. The summed E-state index contributed by atoms with van der Waals surface area (Å²) >= 11 is 0. The van der Waals surface area contributed by atoms with E-state index < -0.39 is 0 Å². The molecule has 3 rings (SSSR count). The van der Waals surface area contributed by atoms with Crippen molar-refractivity contribution in [2.24, 2.45) is 0 Å². The zero-order chi connectivity index (χ0) is 15.2. The van der Waals surface area contributed by atoms with E-state index in [2.05, 4.69) is 45.0 Å². The third-order valence-electron chi connectivity index (χ3n) is 3.77. The summed E-state index contributed by atoms with van der Waals surface area (Å²) in [6, 6.07) is 17.5. The van der Waals surface area contributed by atoms with Gasteiger partial charge in [0.25, 0.3) is 0 Å². The molecule has 0 bridgehead atoms. The first-order valence-corrected chi connectivity index (χ1v) is 7.14. The molecule has 1 aliphatic rings. The fourth-order valence-corrected chi connectivity index (χ4v) is 2.36. The van der Waals surface area contributed by atoms with Gasteiger partial charge in [-0.1, -0.05) is 59.2 Å². The van der Waals surface area contributed by atoms with Crippen LogP contribution in [0.15, 0.2) is 71.8 Å². The maximum atomic E-state index is 7.00. The van der Waals surface area contributed by atoms with Crippen molar-refractivity contribution in [2.45, 2.75) is 20.3 Å². The minimum absolute atomic E-state index is 0. The zero-order valence-corrected chi connectivity index (χ0v) is 17.2. The molecule has 0 heterocycles. The maximum Gasteiger partial charge on any atom is 2.00 e. The van der Waals surface area contributed by atoms with E-state index in [9.17, 15) is 0 Å². The van der Waals surface area contributed by atoms with Crippen LogP contribution in [0.4, 0.5) is 5.69 Å². The van der Waals surface area contributed by atoms with Gasteiger partial charge in [0.05, 0.1) is 0 Å². The molecule has 2 aromatic carbocycles. The fraction of sp³-hybridized carbons (Fsp3) is 0.150. The molecule has 0 amide bonds. The molecule has 0 fully saturated rings. The van der Waals surface area contributed by atoms with Gasteiger partial charge in [-0.3, -0.25) is 0 Å². The molecule has 1 N–H and O–H groups in total. The second-order valence-electron chi connectivity index (χ2n) is 5.22. The molecule has 0 aliphatic heterocycles. The van der Waals surface area contributed by atoms with Gasteiger partial charge < -0.3 is 5.73 Å². The summed E-state index contributed by atoms with van der Waals surface area (Å²) in [5.74, 6) is 0. The zero-order valence-electron chi connectivity index (χ0n) is 14.0. The standard InChI is InChI=1S/C14H15.C6H6N.2ClH.Ti/c1-10-8-9-14(12(10)3)13-7-5-4-6-11(13)2;7-6-4-2-1-3-5-6;;;/h4-8H,2,9H2,1,3H3;1-5,7H;2*1H;/q2*-1;;;+2. The largest absolute Gasteiger partial charge is 2.00 e. The Labute approximate surface area is 173 Å². The summed E-state index contributed by atoms with van der Waals surface area (Å²) in [5, 5.41) is 0. The van der Waals surface area contributed by atoms with Gasteiger partial charge in [0.1, 0.15) is 0 Å². The van der Waals surface area contributed by atoms with Crippen molar-refractivity contribution in [3.63, 3.8) is 0 Å². The van der Waals surface area contributed by atoms with Gasteiger partial charge in [-0.25, -0.2) is 0 Å². The van der Waals surface area contributed by atoms with Crippen molar-refractivity contribution >= 4 is 36.1 Å². The van der Waals surface area contributed by atoms with E-state index in [1.807, 2.05) is 24.3 Å². The molecule has 0 unspecified atom stereocenters. The van der Waals surface area contributed by atoms with Crippen LogP contribution < -0.4 is 0 Å². The molecule has 1 nitrogen and oxygen atoms in total. The number of nitrogens with one attached hydrogen (secondary N) is 1. The first-order chi connectivity index (χ1) is 10.1. The molecule has 126 valence electrons. The van der Waals surface area contributed by atoms with Crippen molar-refractivity contribution in [1.29, 1.82) is 0 Å². The Hall–Kier alpha value is -1.12. The van der Waals surface area contributed by atoms with Crippen LogP contribution in [0.3, 0.4) is 0 Å². The predicted octanol–water partition coefficient (Wildman–Crippen LogP) is 7.20. The summed E-state index contributed by atoms with van der Waals surface area (Å²) in [5.41, 5.74) is 14.3. The first-order valence-electron chi connectivity index (χ1n) is 7.14. The number of hydrogen-bond donors (Lipinski definition) is 0. The smallest absolute Gasteiger partial charge is 0.699 e. The molecule has 24 heavy (non-hydrogen) atoms. The van der Waals surface area contributed by atoms with Crippen LogP contribution in [-0.2, 0) is 21.7 Å². The van der Waals surface area contributed by atoms with E-state index in [1.54, 1.807) is 12.1 Å². The number of benzene rings is 2. The Morgan fingerprint density at radius 2 is 1.42 bits per heavy atom. The molecule has 0 aromatic heterocycles. The van der Waals surface area contributed by atoms with E-state index in [1.165, 1.54) is 22.3 Å². The van der Waals surface area contributed by atoms with Crippen molar-refractivity contribution in [3.05, 3.63) is 95.6 Å².